The van der Waals surface area contributed by atoms with Crippen LogP contribution in [0.15, 0.2) is 24.3 Å². The van der Waals surface area contributed by atoms with Crippen LogP contribution in [0.25, 0.3) is 0 Å². The van der Waals surface area contributed by atoms with E-state index in [0.29, 0.717) is 5.92 Å². The first-order valence-corrected chi connectivity index (χ1v) is 7.84. The van der Waals surface area contributed by atoms with Crippen LogP contribution in [0.3, 0.4) is 0 Å². The van der Waals surface area contributed by atoms with Gasteiger partial charge in [0, 0.05) is 11.5 Å². The molecule has 1 aromatic carbocycles. The molecular formula is C18H28O2. The molecule has 112 valence electrons. The number of methoxy groups -OCH3 is 1. The lowest BCUT2D eigenvalue weighted by Crippen LogP contribution is -2.10. The van der Waals surface area contributed by atoms with E-state index < -0.39 is 0 Å². The van der Waals surface area contributed by atoms with Crippen molar-refractivity contribution in [2.75, 3.05) is 7.11 Å². The molecule has 2 atom stereocenters. The zero-order valence-electron chi connectivity index (χ0n) is 13.1. The standard InChI is InChI=1S/C18H28O2/c1-4-6-10-15(9-5-2)13-16(14-19)17-11-7-8-12-18(17)20-3/h7-8,11-12,14-16H,4-6,9-10,13H2,1-3H3. The van der Waals surface area contributed by atoms with Gasteiger partial charge in [-0.05, 0) is 18.4 Å². The molecule has 0 N–H and O–H groups in total. The van der Waals surface area contributed by atoms with E-state index in [1.807, 2.05) is 24.3 Å². The summed E-state index contributed by atoms with van der Waals surface area (Å²) in [6, 6.07) is 7.88. The maximum atomic E-state index is 11.5. The second-order valence-corrected chi connectivity index (χ2v) is 5.52. The summed E-state index contributed by atoms with van der Waals surface area (Å²) in [7, 11) is 1.67. The summed E-state index contributed by atoms with van der Waals surface area (Å²) < 4.78 is 5.39. The minimum Gasteiger partial charge on any atom is -0.496 e. The Morgan fingerprint density at radius 2 is 1.90 bits per heavy atom. The maximum absolute atomic E-state index is 11.5. The minimum atomic E-state index is -0.0421. The van der Waals surface area contributed by atoms with Crippen LogP contribution in [0.1, 0.15) is 63.9 Å². The average Bonchev–Trinajstić information content (AvgIpc) is 2.50. The number of aldehydes is 1. The van der Waals surface area contributed by atoms with Gasteiger partial charge in [-0.3, -0.25) is 0 Å². The van der Waals surface area contributed by atoms with Gasteiger partial charge in [-0.2, -0.15) is 0 Å². The number of rotatable bonds is 10. The number of para-hydroxylation sites is 1. The highest BCUT2D eigenvalue weighted by Crippen LogP contribution is 2.32. The van der Waals surface area contributed by atoms with Gasteiger partial charge in [0.1, 0.15) is 12.0 Å². The highest BCUT2D eigenvalue weighted by molar-refractivity contribution is 5.64. The van der Waals surface area contributed by atoms with E-state index in [1.54, 1.807) is 7.11 Å². The van der Waals surface area contributed by atoms with Crippen molar-refractivity contribution in [3.63, 3.8) is 0 Å². The highest BCUT2D eigenvalue weighted by Gasteiger charge is 2.19. The third-order valence-electron chi connectivity index (χ3n) is 3.95. The Balaban J connectivity index is 2.80. The molecule has 1 aromatic rings. The largest absolute Gasteiger partial charge is 0.496 e. The number of unbranched alkanes of at least 4 members (excludes halogenated alkanes) is 1. The summed E-state index contributed by atoms with van der Waals surface area (Å²) in [5.41, 5.74) is 1.03. The number of carbonyl (C=O) groups is 1. The van der Waals surface area contributed by atoms with Crippen molar-refractivity contribution in [3.05, 3.63) is 29.8 Å². The number of benzene rings is 1. The molecule has 0 fully saturated rings. The molecule has 20 heavy (non-hydrogen) atoms. The summed E-state index contributed by atoms with van der Waals surface area (Å²) in [4.78, 5) is 11.5. The van der Waals surface area contributed by atoms with Gasteiger partial charge in [0.05, 0.1) is 7.11 Å². The van der Waals surface area contributed by atoms with Gasteiger partial charge in [-0.15, -0.1) is 0 Å². The van der Waals surface area contributed by atoms with Crippen molar-refractivity contribution in [1.82, 2.24) is 0 Å². The molecule has 0 spiro atoms. The molecule has 1 rings (SSSR count). The van der Waals surface area contributed by atoms with Crippen molar-refractivity contribution in [2.45, 2.75) is 58.3 Å². The average molecular weight is 276 g/mol. The molecule has 0 aliphatic rings. The van der Waals surface area contributed by atoms with Crippen molar-refractivity contribution in [2.24, 2.45) is 5.92 Å². The zero-order chi connectivity index (χ0) is 14.8. The lowest BCUT2D eigenvalue weighted by molar-refractivity contribution is -0.109. The van der Waals surface area contributed by atoms with Gasteiger partial charge < -0.3 is 9.53 Å². The molecule has 2 heteroatoms. The summed E-state index contributed by atoms with van der Waals surface area (Å²) in [6.45, 7) is 4.44. The van der Waals surface area contributed by atoms with Crippen LogP contribution >= 0.6 is 0 Å². The lowest BCUT2D eigenvalue weighted by Gasteiger charge is -2.21. The first-order chi connectivity index (χ1) is 9.76. The van der Waals surface area contributed by atoms with Crippen LogP contribution in [0.2, 0.25) is 0 Å². The first kappa shape index (κ1) is 16.7. The summed E-state index contributed by atoms with van der Waals surface area (Å²) >= 11 is 0. The first-order valence-electron chi connectivity index (χ1n) is 7.84. The van der Waals surface area contributed by atoms with Crippen LogP contribution < -0.4 is 4.74 Å². The van der Waals surface area contributed by atoms with Gasteiger partial charge in [-0.1, -0.05) is 64.2 Å². The van der Waals surface area contributed by atoms with Gasteiger partial charge in [0.25, 0.3) is 0 Å². The molecule has 0 aromatic heterocycles. The van der Waals surface area contributed by atoms with Crippen LogP contribution in [0.4, 0.5) is 0 Å². The lowest BCUT2D eigenvalue weighted by atomic mass is 9.84. The maximum Gasteiger partial charge on any atom is 0.127 e. The SMILES string of the molecule is CCCCC(CCC)CC(C=O)c1ccccc1OC. The molecule has 0 radical (unpaired) electrons. The fourth-order valence-corrected chi connectivity index (χ4v) is 2.87. The Kier molecular flexibility index (Phi) is 8.01. The Morgan fingerprint density at radius 1 is 1.15 bits per heavy atom. The fraction of sp³-hybridized carbons (Fsp3) is 0.611. The van der Waals surface area contributed by atoms with Crippen molar-refractivity contribution in [1.29, 1.82) is 0 Å². The molecule has 0 saturated carbocycles. The van der Waals surface area contributed by atoms with Gasteiger partial charge in [0.2, 0.25) is 0 Å². The Hall–Kier alpha value is -1.31. The van der Waals surface area contributed by atoms with E-state index in [2.05, 4.69) is 13.8 Å². The predicted molar refractivity (Wildman–Crippen MR) is 84.3 cm³/mol. The van der Waals surface area contributed by atoms with E-state index in [9.17, 15) is 4.79 Å². The van der Waals surface area contributed by atoms with Crippen LogP contribution in [-0.4, -0.2) is 13.4 Å². The van der Waals surface area contributed by atoms with Gasteiger partial charge in [-0.25, -0.2) is 0 Å². The second-order valence-electron chi connectivity index (χ2n) is 5.52. The van der Waals surface area contributed by atoms with Crippen LogP contribution in [0, 0.1) is 5.92 Å². The molecule has 0 saturated heterocycles. The minimum absolute atomic E-state index is 0.0421. The number of hydrogen-bond acceptors (Lipinski definition) is 2. The molecule has 2 unspecified atom stereocenters. The van der Waals surface area contributed by atoms with E-state index in [4.69, 9.17) is 4.74 Å². The van der Waals surface area contributed by atoms with Crippen LogP contribution in [0.5, 0.6) is 5.75 Å². The molecule has 0 heterocycles. The molecule has 0 amide bonds. The van der Waals surface area contributed by atoms with Gasteiger partial charge >= 0.3 is 0 Å². The highest BCUT2D eigenvalue weighted by atomic mass is 16.5. The number of carbonyl (C=O) groups excluding carboxylic acids is 1. The molecule has 2 nitrogen and oxygen atoms in total. The van der Waals surface area contributed by atoms with Crippen molar-refractivity contribution >= 4 is 6.29 Å². The monoisotopic (exact) mass is 276 g/mol. The van der Waals surface area contributed by atoms with Gasteiger partial charge in [0.15, 0.2) is 0 Å². The van der Waals surface area contributed by atoms with Crippen molar-refractivity contribution < 1.29 is 9.53 Å². The molecule has 0 aliphatic carbocycles. The quantitative estimate of drug-likeness (QED) is 0.564. The van der Waals surface area contributed by atoms with E-state index >= 15 is 0 Å². The van der Waals surface area contributed by atoms with E-state index in [1.165, 1.54) is 32.1 Å². The summed E-state index contributed by atoms with van der Waals surface area (Å²) in [5.74, 6) is 1.43. The smallest absolute Gasteiger partial charge is 0.127 e. The third-order valence-corrected chi connectivity index (χ3v) is 3.95. The Morgan fingerprint density at radius 3 is 2.50 bits per heavy atom. The normalized spacial score (nSPS) is 13.8. The summed E-state index contributed by atoms with van der Waals surface area (Å²) in [5, 5.41) is 0. The molecule has 0 aliphatic heterocycles. The third kappa shape index (κ3) is 4.99. The molecule has 0 bridgehead atoms. The topological polar surface area (TPSA) is 26.3 Å². The second kappa shape index (κ2) is 9.57. The zero-order valence-corrected chi connectivity index (χ0v) is 13.1. The number of ether oxygens (including phenoxy) is 1. The predicted octanol–water partition coefficient (Wildman–Crippen LogP) is 4.97. The van der Waals surface area contributed by atoms with Crippen LogP contribution in [-0.2, 0) is 4.79 Å². The van der Waals surface area contributed by atoms with Crippen molar-refractivity contribution in [3.8, 4) is 5.75 Å². The Bertz CT molecular complexity index is 387. The number of hydrogen-bond donors (Lipinski definition) is 0. The van der Waals surface area contributed by atoms with E-state index in [0.717, 1.165) is 24.0 Å². The molecular weight excluding hydrogens is 248 g/mol. The Labute approximate surface area is 123 Å². The fourth-order valence-electron chi connectivity index (χ4n) is 2.87. The summed E-state index contributed by atoms with van der Waals surface area (Å²) in [6.07, 6.45) is 8.13. The van der Waals surface area contributed by atoms with E-state index in [-0.39, 0.29) is 5.92 Å².